The van der Waals surface area contributed by atoms with Crippen LogP contribution < -0.4 is 30.6 Å². The molecular formula is C17H24N5O5+. The molecule has 0 spiro atoms. The third-order valence-corrected chi connectivity index (χ3v) is 4.07. The van der Waals surface area contributed by atoms with Crippen LogP contribution in [0.5, 0.6) is 11.5 Å². The van der Waals surface area contributed by atoms with Crippen LogP contribution in [0.1, 0.15) is 12.7 Å². The Morgan fingerprint density at radius 2 is 1.89 bits per heavy atom. The third kappa shape index (κ3) is 4.94. The number of ether oxygens (including phenoxy) is 2. The number of aromatic amines is 1. The highest BCUT2D eigenvalue weighted by Gasteiger charge is 2.17. The number of hydrogen-bond acceptors (Lipinski definition) is 6. The smallest absolute Gasteiger partial charge is 0.321 e. The quantitative estimate of drug-likeness (QED) is 0.479. The summed E-state index contributed by atoms with van der Waals surface area (Å²) in [4.78, 5) is 43.6. The van der Waals surface area contributed by atoms with Gasteiger partial charge < -0.3 is 24.7 Å². The van der Waals surface area contributed by atoms with E-state index in [1.54, 1.807) is 12.1 Å². The number of imide groups is 1. The molecule has 10 nitrogen and oxygen atoms in total. The minimum atomic E-state index is -0.561. The van der Waals surface area contributed by atoms with Crippen molar-refractivity contribution in [2.24, 2.45) is 0 Å². The number of hydrogen-bond donors (Lipinski definition) is 4. The Kier molecular flexibility index (Phi) is 6.72. The average Bonchev–Trinajstić information content (AvgIpc) is 2.66. The Bertz CT molecular complexity index is 895. The molecule has 146 valence electrons. The van der Waals surface area contributed by atoms with Crippen molar-refractivity contribution in [3.63, 3.8) is 0 Å². The molecule has 0 saturated carbocycles. The molecule has 2 aromatic rings. The Morgan fingerprint density at radius 1 is 1.22 bits per heavy atom. The molecule has 0 fully saturated rings. The maximum atomic E-state index is 12.4. The molecule has 0 saturated heterocycles. The Morgan fingerprint density at radius 3 is 2.48 bits per heavy atom. The monoisotopic (exact) mass is 378 g/mol. The molecule has 1 atom stereocenters. The van der Waals surface area contributed by atoms with Gasteiger partial charge in [-0.1, -0.05) is 0 Å². The lowest BCUT2D eigenvalue weighted by Gasteiger charge is -2.16. The molecule has 1 unspecified atom stereocenters. The summed E-state index contributed by atoms with van der Waals surface area (Å²) in [7, 11) is 4.43. The van der Waals surface area contributed by atoms with Gasteiger partial charge >= 0.3 is 6.03 Å². The van der Waals surface area contributed by atoms with Gasteiger partial charge in [0.25, 0.3) is 11.5 Å². The average molecular weight is 378 g/mol. The Balaban J connectivity index is 2.25. The third-order valence-electron chi connectivity index (χ3n) is 4.07. The lowest BCUT2D eigenvalue weighted by atomic mass is 10.2. The van der Waals surface area contributed by atoms with Crippen molar-refractivity contribution in [3.8, 4) is 11.5 Å². The molecule has 0 aliphatic carbocycles. The second-order valence-corrected chi connectivity index (χ2v) is 5.82. The largest absolute Gasteiger partial charge is 0.493 e. The van der Waals surface area contributed by atoms with Crippen molar-refractivity contribution in [2.75, 3.05) is 34.4 Å². The first-order valence-corrected chi connectivity index (χ1v) is 8.41. The SMILES string of the molecule is CC[NH+](CC(=O)NC(=O)NC)Cc1nc2cc(OC)c(OC)cc2c(=O)[nH]1. The number of benzene rings is 1. The fraction of sp³-hybridized carbons (Fsp3) is 0.412. The molecule has 0 radical (unpaired) electrons. The normalized spacial score (nSPS) is 11.7. The van der Waals surface area contributed by atoms with Gasteiger partial charge in [0, 0.05) is 13.1 Å². The van der Waals surface area contributed by atoms with Crippen LogP contribution in [0, 0.1) is 0 Å². The summed E-state index contributed by atoms with van der Waals surface area (Å²) < 4.78 is 10.5. The molecule has 1 aromatic heterocycles. The predicted octanol–water partition coefficient (Wildman–Crippen LogP) is -1.20. The highest BCUT2D eigenvalue weighted by atomic mass is 16.5. The summed E-state index contributed by atoms with van der Waals surface area (Å²) in [6.45, 7) is 2.89. The topological polar surface area (TPSA) is 127 Å². The van der Waals surface area contributed by atoms with Gasteiger partial charge in [-0.3, -0.25) is 14.9 Å². The second-order valence-electron chi connectivity index (χ2n) is 5.82. The van der Waals surface area contributed by atoms with E-state index in [1.807, 2.05) is 6.92 Å². The van der Waals surface area contributed by atoms with Crippen LogP contribution in [-0.4, -0.2) is 56.3 Å². The van der Waals surface area contributed by atoms with Gasteiger partial charge in [0.15, 0.2) is 23.9 Å². The molecule has 10 heteroatoms. The number of aromatic nitrogens is 2. The van der Waals surface area contributed by atoms with Crippen molar-refractivity contribution in [1.29, 1.82) is 0 Å². The fourth-order valence-electron chi connectivity index (χ4n) is 2.61. The molecule has 0 aliphatic rings. The van der Waals surface area contributed by atoms with Crippen molar-refractivity contribution in [1.82, 2.24) is 20.6 Å². The van der Waals surface area contributed by atoms with E-state index in [9.17, 15) is 14.4 Å². The van der Waals surface area contributed by atoms with E-state index in [0.29, 0.717) is 41.3 Å². The van der Waals surface area contributed by atoms with Crippen LogP contribution in [-0.2, 0) is 11.3 Å². The van der Waals surface area contributed by atoms with Gasteiger partial charge in [-0.25, -0.2) is 9.78 Å². The predicted molar refractivity (Wildman–Crippen MR) is 98.1 cm³/mol. The highest BCUT2D eigenvalue weighted by Crippen LogP contribution is 2.29. The molecular weight excluding hydrogens is 354 g/mol. The molecule has 0 bridgehead atoms. The van der Waals surface area contributed by atoms with E-state index in [2.05, 4.69) is 20.6 Å². The fourth-order valence-corrected chi connectivity index (χ4v) is 2.61. The Labute approximate surface area is 155 Å². The van der Waals surface area contributed by atoms with Gasteiger partial charge in [-0.2, -0.15) is 0 Å². The number of fused-ring (bicyclic) bond motifs is 1. The maximum Gasteiger partial charge on any atom is 0.321 e. The summed E-state index contributed by atoms with van der Waals surface area (Å²) in [5.74, 6) is 0.931. The van der Waals surface area contributed by atoms with Crippen molar-refractivity contribution >= 4 is 22.8 Å². The minimum absolute atomic E-state index is 0.0671. The van der Waals surface area contributed by atoms with Gasteiger partial charge in [0.2, 0.25) is 0 Å². The summed E-state index contributed by atoms with van der Waals surface area (Å²) >= 11 is 0. The second kappa shape index (κ2) is 8.99. The van der Waals surface area contributed by atoms with E-state index < -0.39 is 11.9 Å². The summed E-state index contributed by atoms with van der Waals surface area (Å²) in [6, 6.07) is 2.65. The summed E-state index contributed by atoms with van der Waals surface area (Å²) in [5, 5.41) is 4.92. The maximum absolute atomic E-state index is 12.4. The lowest BCUT2D eigenvalue weighted by Crippen LogP contribution is -3.11. The zero-order valence-electron chi connectivity index (χ0n) is 15.8. The van der Waals surface area contributed by atoms with Crippen LogP contribution in [0.3, 0.4) is 0 Å². The lowest BCUT2D eigenvalue weighted by molar-refractivity contribution is -0.904. The number of methoxy groups -OCH3 is 2. The molecule has 4 N–H and O–H groups in total. The number of carbonyl (C=O) groups excluding carboxylic acids is 2. The first-order chi connectivity index (χ1) is 12.9. The minimum Gasteiger partial charge on any atom is -0.493 e. The molecule has 27 heavy (non-hydrogen) atoms. The van der Waals surface area contributed by atoms with E-state index >= 15 is 0 Å². The van der Waals surface area contributed by atoms with Crippen molar-refractivity contribution in [3.05, 3.63) is 28.3 Å². The van der Waals surface area contributed by atoms with Gasteiger partial charge in [-0.15, -0.1) is 0 Å². The molecule has 3 amide bonds. The first kappa shape index (κ1) is 20.2. The first-order valence-electron chi connectivity index (χ1n) is 8.41. The van der Waals surface area contributed by atoms with Crippen LogP contribution in [0.4, 0.5) is 4.79 Å². The number of H-pyrrole nitrogens is 1. The number of urea groups is 1. The zero-order chi connectivity index (χ0) is 20.0. The number of likely N-dealkylation sites (N-methyl/N-ethyl adjacent to an activating group) is 1. The zero-order valence-corrected chi connectivity index (χ0v) is 15.8. The van der Waals surface area contributed by atoms with Crippen molar-refractivity contribution in [2.45, 2.75) is 13.5 Å². The number of quaternary nitrogens is 1. The highest BCUT2D eigenvalue weighted by molar-refractivity contribution is 5.94. The summed E-state index contributed by atoms with van der Waals surface area (Å²) in [5.41, 5.74) is 0.165. The number of nitrogens with one attached hydrogen (secondary N) is 4. The van der Waals surface area contributed by atoms with Crippen LogP contribution in [0.2, 0.25) is 0 Å². The van der Waals surface area contributed by atoms with Crippen LogP contribution in [0.15, 0.2) is 16.9 Å². The number of rotatable bonds is 7. The Hall–Kier alpha value is -3.14. The molecule has 0 aliphatic heterocycles. The number of nitrogens with zero attached hydrogens (tertiary/aromatic N) is 1. The van der Waals surface area contributed by atoms with E-state index in [0.717, 1.165) is 4.90 Å². The summed E-state index contributed by atoms with van der Waals surface area (Å²) in [6.07, 6.45) is 0. The van der Waals surface area contributed by atoms with Gasteiger partial charge in [0.05, 0.1) is 31.7 Å². The van der Waals surface area contributed by atoms with E-state index in [4.69, 9.17) is 9.47 Å². The van der Waals surface area contributed by atoms with Crippen molar-refractivity contribution < 1.29 is 24.0 Å². The molecule has 1 heterocycles. The van der Waals surface area contributed by atoms with Gasteiger partial charge in [0.1, 0.15) is 6.54 Å². The molecule has 2 rings (SSSR count). The van der Waals surface area contributed by atoms with Gasteiger partial charge in [-0.05, 0) is 13.0 Å². The molecule has 1 aromatic carbocycles. The van der Waals surface area contributed by atoms with Crippen LogP contribution >= 0.6 is 0 Å². The van der Waals surface area contributed by atoms with Crippen LogP contribution in [0.25, 0.3) is 10.9 Å². The number of carbonyl (C=O) groups is 2. The number of amides is 3. The van der Waals surface area contributed by atoms with E-state index in [-0.39, 0.29) is 12.1 Å². The van der Waals surface area contributed by atoms with E-state index in [1.165, 1.54) is 21.3 Å². The standard InChI is InChI=1S/C17H23N5O5/c1-5-22(9-15(23)21-17(25)18-2)8-14-19-11-7-13(27-4)12(26-3)6-10(11)16(24)20-14/h6-7H,5,8-9H2,1-4H3,(H,19,20,24)(H2,18,21,23,25)/p+1.